The molecule has 0 spiro atoms. The molecule has 0 aliphatic heterocycles. The van der Waals surface area contributed by atoms with E-state index in [0.29, 0.717) is 17.5 Å². The Labute approximate surface area is 186 Å². The molecule has 1 aliphatic carbocycles. The van der Waals surface area contributed by atoms with Crippen LogP contribution < -0.4 is 10.6 Å². The van der Waals surface area contributed by atoms with Gasteiger partial charge in [-0.1, -0.05) is 42.5 Å². The third-order valence-corrected chi connectivity index (χ3v) is 6.51. The monoisotopic (exact) mass is 427 g/mol. The molecule has 0 fully saturated rings. The number of fused-ring (bicyclic) bond motifs is 5. The maximum absolute atomic E-state index is 15.6. The van der Waals surface area contributed by atoms with Gasteiger partial charge in [0.15, 0.2) is 5.82 Å². The van der Waals surface area contributed by atoms with E-state index in [2.05, 4.69) is 35.9 Å². The lowest BCUT2D eigenvalue weighted by Crippen LogP contribution is -2.21. The largest absolute Gasteiger partial charge is 0.372 e. The van der Waals surface area contributed by atoms with Crippen LogP contribution in [0.25, 0.3) is 33.3 Å². The SMILES string of the molecule is CCN(CC)c1ccc(-c2ccc3c4c([nH]c3c2F)-c2ccc(CC(N)=O)cc2C4)cc1. The minimum Gasteiger partial charge on any atom is -0.372 e. The van der Waals surface area contributed by atoms with Crippen LogP contribution in [0.15, 0.2) is 54.6 Å². The summed E-state index contributed by atoms with van der Waals surface area (Å²) >= 11 is 0. The maximum atomic E-state index is 15.6. The number of aromatic nitrogens is 1. The molecule has 1 amide bonds. The quantitative estimate of drug-likeness (QED) is 0.380. The molecule has 0 atom stereocenters. The first-order chi connectivity index (χ1) is 15.5. The number of aromatic amines is 1. The first-order valence-corrected chi connectivity index (χ1v) is 11.1. The molecular formula is C27H26FN3O. The van der Waals surface area contributed by atoms with Gasteiger partial charge in [-0.15, -0.1) is 0 Å². The standard InChI is InChI=1S/C27H26FN3O/c1-3-31(4-2)19-8-6-17(7-9-19)20-11-12-22-23-15-18-13-16(14-24(29)32)5-10-21(18)26(23)30-27(22)25(20)28/h5-13,30H,3-4,14-15H2,1-2H3,(H2,29,32). The van der Waals surface area contributed by atoms with Crippen LogP contribution >= 0.6 is 0 Å². The molecule has 0 bridgehead atoms. The van der Waals surface area contributed by atoms with Gasteiger partial charge in [0.1, 0.15) is 0 Å². The van der Waals surface area contributed by atoms with E-state index in [1.165, 1.54) is 0 Å². The topological polar surface area (TPSA) is 62.1 Å². The fraction of sp³-hybridized carbons (Fsp3) is 0.222. The van der Waals surface area contributed by atoms with Crippen LogP contribution in [0, 0.1) is 5.82 Å². The van der Waals surface area contributed by atoms with E-state index in [-0.39, 0.29) is 18.1 Å². The molecule has 32 heavy (non-hydrogen) atoms. The number of hydrogen-bond acceptors (Lipinski definition) is 2. The van der Waals surface area contributed by atoms with E-state index < -0.39 is 0 Å². The number of halogens is 1. The second-order valence-electron chi connectivity index (χ2n) is 8.36. The van der Waals surface area contributed by atoms with Crippen LogP contribution in [0.3, 0.4) is 0 Å². The molecule has 1 aromatic heterocycles. The summed E-state index contributed by atoms with van der Waals surface area (Å²) in [5, 5.41) is 0.911. The van der Waals surface area contributed by atoms with Crippen molar-refractivity contribution in [1.29, 1.82) is 0 Å². The summed E-state index contributed by atoms with van der Waals surface area (Å²) in [6, 6.07) is 17.9. The molecule has 3 N–H and O–H groups in total. The summed E-state index contributed by atoms with van der Waals surface area (Å²) in [6.07, 6.45) is 0.946. The zero-order chi connectivity index (χ0) is 22.4. The summed E-state index contributed by atoms with van der Waals surface area (Å²) in [5.41, 5.74) is 13.7. The number of primary amides is 1. The predicted octanol–water partition coefficient (Wildman–Crippen LogP) is 5.42. The number of carbonyl (C=O) groups is 1. The van der Waals surface area contributed by atoms with Crippen molar-refractivity contribution in [3.05, 3.63) is 77.1 Å². The number of nitrogens with zero attached hydrogens (tertiary/aromatic N) is 1. The summed E-state index contributed by atoms with van der Waals surface area (Å²) in [5.74, 6) is -0.564. The van der Waals surface area contributed by atoms with E-state index in [1.54, 1.807) is 0 Å². The van der Waals surface area contributed by atoms with Gasteiger partial charge in [-0.2, -0.15) is 0 Å². The first-order valence-electron chi connectivity index (χ1n) is 11.1. The summed E-state index contributed by atoms with van der Waals surface area (Å²) in [6.45, 7) is 6.14. The van der Waals surface area contributed by atoms with E-state index in [1.807, 2.05) is 42.5 Å². The lowest BCUT2D eigenvalue weighted by molar-refractivity contribution is -0.117. The predicted molar refractivity (Wildman–Crippen MR) is 128 cm³/mol. The summed E-state index contributed by atoms with van der Waals surface area (Å²) < 4.78 is 15.6. The lowest BCUT2D eigenvalue weighted by Gasteiger charge is -2.21. The number of H-pyrrole nitrogens is 1. The van der Waals surface area contributed by atoms with Crippen molar-refractivity contribution >= 4 is 22.5 Å². The molecule has 162 valence electrons. The number of amides is 1. The molecule has 0 saturated carbocycles. The zero-order valence-electron chi connectivity index (χ0n) is 18.3. The fourth-order valence-corrected chi connectivity index (χ4v) is 4.90. The number of nitrogens with one attached hydrogen (secondary N) is 1. The highest BCUT2D eigenvalue weighted by Gasteiger charge is 2.25. The highest BCUT2D eigenvalue weighted by atomic mass is 19.1. The highest BCUT2D eigenvalue weighted by Crippen LogP contribution is 2.42. The third kappa shape index (κ3) is 3.25. The van der Waals surface area contributed by atoms with Gasteiger partial charge in [0.25, 0.3) is 0 Å². The van der Waals surface area contributed by atoms with Crippen molar-refractivity contribution in [2.75, 3.05) is 18.0 Å². The number of carbonyl (C=O) groups excluding carboxylic acids is 1. The molecular weight excluding hydrogens is 401 g/mol. The molecule has 0 unspecified atom stereocenters. The second-order valence-corrected chi connectivity index (χ2v) is 8.36. The maximum Gasteiger partial charge on any atom is 0.221 e. The van der Waals surface area contributed by atoms with Gasteiger partial charge in [-0.25, -0.2) is 4.39 Å². The van der Waals surface area contributed by atoms with E-state index in [4.69, 9.17) is 5.73 Å². The van der Waals surface area contributed by atoms with Crippen molar-refractivity contribution in [2.45, 2.75) is 26.7 Å². The number of hydrogen-bond donors (Lipinski definition) is 2. The molecule has 5 heteroatoms. The first kappa shape index (κ1) is 20.3. The Balaban J connectivity index is 1.53. The molecule has 5 rings (SSSR count). The van der Waals surface area contributed by atoms with Crippen LogP contribution in [0.4, 0.5) is 10.1 Å². The van der Waals surface area contributed by atoms with Crippen molar-refractivity contribution in [2.24, 2.45) is 5.73 Å². The molecule has 4 nitrogen and oxygen atoms in total. The van der Waals surface area contributed by atoms with Gasteiger partial charge in [-0.05, 0) is 48.2 Å². The van der Waals surface area contributed by atoms with Gasteiger partial charge in [0, 0.05) is 41.7 Å². The van der Waals surface area contributed by atoms with Gasteiger partial charge >= 0.3 is 0 Å². The number of rotatable bonds is 6. The van der Waals surface area contributed by atoms with Crippen molar-refractivity contribution in [1.82, 2.24) is 4.98 Å². The van der Waals surface area contributed by atoms with Gasteiger partial charge < -0.3 is 15.6 Å². The van der Waals surface area contributed by atoms with Gasteiger partial charge in [0.2, 0.25) is 5.91 Å². The average molecular weight is 428 g/mol. The van der Waals surface area contributed by atoms with Crippen LogP contribution in [-0.4, -0.2) is 24.0 Å². The molecule has 1 aliphatic rings. The Hall–Kier alpha value is -3.60. The smallest absolute Gasteiger partial charge is 0.221 e. The van der Waals surface area contributed by atoms with Crippen LogP contribution in [0.5, 0.6) is 0 Å². The Morgan fingerprint density at radius 3 is 2.44 bits per heavy atom. The van der Waals surface area contributed by atoms with Crippen LogP contribution in [0.2, 0.25) is 0 Å². The molecule has 4 aromatic rings. The van der Waals surface area contributed by atoms with E-state index in [0.717, 1.165) is 57.7 Å². The number of nitrogens with two attached hydrogens (primary N) is 1. The Kier molecular flexibility index (Phi) is 4.97. The van der Waals surface area contributed by atoms with Gasteiger partial charge in [0.05, 0.1) is 17.6 Å². The molecule has 1 heterocycles. The summed E-state index contributed by atoms with van der Waals surface area (Å²) in [7, 11) is 0. The number of anilines is 1. The van der Waals surface area contributed by atoms with Crippen molar-refractivity contribution < 1.29 is 9.18 Å². The average Bonchev–Trinajstić information content (AvgIpc) is 3.31. The second kappa shape index (κ2) is 7.83. The van der Waals surface area contributed by atoms with Gasteiger partial charge in [-0.3, -0.25) is 4.79 Å². The van der Waals surface area contributed by atoms with Crippen LogP contribution in [0.1, 0.15) is 30.5 Å². The third-order valence-electron chi connectivity index (χ3n) is 6.51. The fourth-order valence-electron chi connectivity index (χ4n) is 4.90. The highest BCUT2D eigenvalue weighted by molar-refractivity contribution is 5.97. The van der Waals surface area contributed by atoms with Crippen molar-refractivity contribution in [3.8, 4) is 22.4 Å². The Morgan fingerprint density at radius 2 is 1.75 bits per heavy atom. The van der Waals surface area contributed by atoms with E-state index in [9.17, 15) is 4.79 Å². The number of benzene rings is 3. The Bertz CT molecular complexity index is 1330. The molecule has 0 radical (unpaired) electrons. The normalized spacial score (nSPS) is 12.1. The summed E-state index contributed by atoms with van der Waals surface area (Å²) in [4.78, 5) is 16.9. The van der Waals surface area contributed by atoms with Crippen molar-refractivity contribution in [3.63, 3.8) is 0 Å². The van der Waals surface area contributed by atoms with Crippen LogP contribution in [-0.2, 0) is 17.6 Å². The Morgan fingerprint density at radius 1 is 1.03 bits per heavy atom. The molecule has 0 saturated heterocycles. The minimum atomic E-state index is -0.341. The minimum absolute atomic E-state index is 0.223. The lowest BCUT2D eigenvalue weighted by atomic mass is 10.0. The molecule has 3 aromatic carbocycles. The zero-order valence-corrected chi connectivity index (χ0v) is 18.3. The van der Waals surface area contributed by atoms with E-state index >= 15 is 4.39 Å².